The molecule has 0 nitrogen and oxygen atoms in total. The molecule has 36 heavy (non-hydrogen) atoms. The molecule has 0 amide bonds. The van der Waals surface area contributed by atoms with Crippen LogP contribution in [-0.4, -0.2) is 0 Å². The molecule has 0 aliphatic carbocycles. The molecule has 3 aromatic carbocycles. The van der Waals surface area contributed by atoms with E-state index in [0.29, 0.717) is 0 Å². The van der Waals surface area contributed by atoms with Crippen LogP contribution >= 0.6 is 7.92 Å². The summed E-state index contributed by atoms with van der Waals surface area (Å²) in [7, 11) is -4.90. The summed E-state index contributed by atoms with van der Waals surface area (Å²) in [5.41, 5.74) is 0. The maximum absolute atomic E-state index is 14.4. The Morgan fingerprint density at radius 1 is 0.222 bits per heavy atom. The van der Waals surface area contributed by atoms with Crippen molar-refractivity contribution in [2.24, 2.45) is 0 Å². The molecule has 0 saturated carbocycles. The predicted molar refractivity (Wildman–Crippen MR) is 84.5 cm³/mol. The molecular weight excluding hydrogens is 738 g/mol. The van der Waals surface area contributed by atoms with Gasteiger partial charge in [-0.25, -0.2) is 65.9 Å². The molecule has 0 fully saturated rings. The van der Waals surface area contributed by atoms with Crippen LogP contribution in [0.25, 0.3) is 0 Å². The van der Waals surface area contributed by atoms with Crippen LogP contribution in [0.1, 0.15) is 0 Å². The van der Waals surface area contributed by atoms with Crippen molar-refractivity contribution in [3.63, 3.8) is 0 Å². The van der Waals surface area contributed by atoms with Crippen LogP contribution in [0.2, 0.25) is 0 Å². The molecule has 0 bridgehead atoms. The summed E-state index contributed by atoms with van der Waals surface area (Å²) in [5.74, 6) is -44.9. The summed E-state index contributed by atoms with van der Waals surface area (Å²) in [5, 5.41) is -7.84. The summed E-state index contributed by atoms with van der Waals surface area (Å²) < 4.78 is 209. The van der Waals surface area contributed by atoms with Gasteiger partial charge in [-0.1, -0.05) is 0 Å². The zero-order chi connectivity index (χ0) is 26.0. The Morgan fingerprint density at radius 2 is 0.333 bits per heavy atom. The normalized spacial score (nSPS) is 11.0. The van der Waals surface area contributed by atoms with Crippen molar-refractivity contribution >= 4 is 23.8 Å². The maximum atomic E-state index is 14.4. The second-order valence-corrected chi connectivity index (χ2v) is 8.10. The van der Waals surface area contributed by atoms with Crippen molar-refractivity contribution in [2.75, 3.05) is 0 Å². The van der Waals surface area contributed by atoms with Crippen molar-refractivity contribution < 1.29 is 105 Å². The van der Waals surface area contributed by atoms with E-state index in [1.54, 1.807) is 0 Å². The number of halogens is 15. The minimum Gasteiger partial charge on any atom is -0.203 e. The third kappa shape index (κ3) is 4.67. The molecule has 3 rings (SSSR count). The zero-order valence-corrected chi connectivity index (χ0v) is 20.0. The van der Waals surface area contributed by atoms with Crippen LogP contribution in [0.5, 0.6) is 0 Å². The van der Waals surface area contributed by atoms with Crippen molar-refractivity contribution in [1.82, 2.24) is 0 Å². The molecule has 18 heteroatoms. The first-order chi connectivity index (χ1) is 15.7. The van der Waals surface area contributed by atoms with E-state index >= 15 is 0 Å². The van der Waals surface area contributed by atoms with Crippen molar-refractivity contribution in [2.45, 2.75) is 0 Å². The monoisotopic (exact) mass is 738 g/mol. The van der Waals surface area contributed by atoms with Gasteiger partial charge in [0.1, 0.15) is 0 Å². The number of rotatable bonds is 3. The van der Waals surface area contributed by atoms with Gasteiger partial charge in [-0.05, 0) is 0 Å². The summed E-state index contributed by atoms with van der Waals surface area (Å²) >= 11 is 0. The quantitative estimate of drug-likeness (QED) is 0.109. The average molecular weight is 738 g/mol. The van der Waals surface area contributed by atoms with Crippen LogP contribution in [-0.2, 0) is 39.0 Å². The van der Waals surface area contributed by atoms with E-state index in [0.717, 1.165) is 0 Å². The van der Waals surface area contributed by atoms with E-state index < -0.39 is 111 Å². The van der Waals surface area contributed by atoms with E-state index in [-0.39, 0.29) is 39.0 Å². The average Bonchev–Trinajstić information content (AvgIpc) is 2.81. The van der Waals surface area contributed by atoms with Gasteiger partial charge in [0.25, 0.3) is 0 Å². The van der Waals surface area contributed by atoms with Crippen molar-refractivity contribution in [1.29, 1.82) is 0 Å². The smallest absolute Gasteiger partial charge is 0.200 e. The van der Waals surface area contributed by atoms with Crippen molar-refractivity contribution in [3.8, 4) is 0 Å². The van der Waals surface area contributed by atoms with Gasteiger partial charge >= 0.3 is 0 Å². The van der Waals surface area contributed by atoms with Crippen LogP contribution in [0.15, 0.2) is 0 Å². The number of hydrogen-bond acceptors (Lipinski definition) is 0. The SMILES string of the molecule is Fc1c(F)c(F)c(P(c2c(F)c(F)c(F)c(F)c2F)c2c(F)c(F)c(F)c(F)c2F)c(F)c1F.[Rh].[Rh]. The number of hydrogen-bond donors (Lipinski definition) is 0. The zero-order valence-electron chi connectivity index (χ0n) is 15.8. The molecule has 0 saturated heterocycles. The predicted octanol–water partition coefficient (Wildman–Crippen LogP) is 5.53. The van der Waals surface area contributed by atoms with Gasteiger partial charge in [0.2, 0.25) is 17.5 Å². The molecule has 0 atom stereocenters. The van der Waals surface area contributed by atoms with Gasteiger partial charge in [0, 0.05) is 46.9 Å². The molecule has 0 aromatic heterocycles. The Balaban J connectivity index is 0.00000324. The first-order valence-electron chi connectivity index (χ1n) is 8.01. The fourth-order valence-corrected chi connectivity index (χ4v) is 5.14. The molecule has 0 heterocycles. The van der Waals surface area contributed by atoms with Gasteiger partial charge in [-0.15, -0.1) is 0 Å². The second-order valence-electron chi connectivity index (χ2n) is 6.09. The van der Waals surface area contributed by atoms with E-state index in [2.05, 4.69) is 0 Å². The third-order valence-corrected chi connectivity index (χ3v) is 6.75. The first-order valence-corrected chi connectivity index (χ1v) is 9.35. The molecular formula is C18F15PRh2. The Labute approximate surface area is 215 Å². The van der Waals surface area contributed by atoms with Crippen LogP contribution in [0.3, 0.4) is 0 Å². The molecule has 0 aliphatic rings. The van der Waals surface area contributed by atoms with Crippen LogP contribution < -0.4 is 15.9 Å². The van der Waals surface area contributed by atoms with Gasteiger partial charge in [0.05, 0.1) is 15.9 Å². The molecule has 0 spiro atoms. The second kappa shape index (κ2) is 11.4. The van der Waals surface area contributed by atoms with Gasteiger partial charge in [-0.3, -0.25) is 0 Å². The Hall–Kier alpha value is -1.71. The summed E-state index contributed by atoms with van der Waals surface area (Å²) in [6.45, 7) is 0. The van der Waals surface area contributed by atoms with Crippen LogP contribution in [0, 0.1) is 87.3 Å². The van der Waals surface area contributed by atoms with Gasteiger partial charge in [-0.2, -0.15) is 0 Å². The van der Waals surface area contributed by atoms with E-state index in [1.165, 1.54) is 0 Å². The van der Waals surface area contributed by atoms with E-state index in [9.17, 15) is 65.9 Å². The van der Waals surface area contributed by atoms with Crippen molar-refractivity contribution in [3.05, 3.63) is 87.3 Å². The molecule has 0 unspecified atom stereocenters. The number of benzene rings is 3. The van der Waals surface area contributed by atoms with Gasteiger partial charge < -0.3 is 0 Å². The summed E-state index contributed by atoms with van der Waals surface area (Å²) in [4.78, 5) is 0. The van der Waals surface area contributed by atoms with Crippen LogP contribution in [0.4, 0.5) is 65.9 Å². The van der Waals surface area contributed by atoms with Gasteiger partial charge in [0.15, 0.2) is 69.8 Å². The molecule has 2 radical (unpaired) electrons. The fraction of sp³-hybridized carbons (Fsp3) is 0. The molecule has 0 N–H and O–H groups in total. The Morgan fingerprint density at radius 3 is 0.472 bits per heavy atom. The fourth-order valence-electron chi connectivity index (χ4n) is 2.70. The molecule has 0 aliphatic heterocycles. The minimum atomic E-state index is -4.90. The Kier molecular flexibility index (Phi) is 10.2. The standard InChI is InChI=1S/C18F15P.2Rh/c19-1-4(22)10(28)16(11(29)5(1)23)34(17-12(30)6(24)2(20)7(25)13(17)31)18-14(32)8(26)3(21)9(27)15(18)33;;. The third-order valence-electron chi connectivity index (χ3n) is 4.23. The summed E-state index contributed by atoms with van der Waals surface area (Å²) in [6.07, 6.45) is 0. The topological polar surface area (TPSA) is 0 Å². The maximum Gasteiger partial charge on any atom is 0.200 e. The minimum absolute atomic E-state index is 0. The van der Waals surface area contributed by atoms with E-state index in [4.69, 9.17) is 0 Å². The first kappa shape index (κ1) is 32.3. The summed E-state index contributed by atoms with van der Waals surface area (Å²) in [6, 6.07) is 0. The van der Waals surface area contributed by atoms with E-state index in [1.807, 2.05) is 0 Å². The Bertz CT molecular complexity index is 1130. The molecule has 3 aromatic rings. The largest absolute Gasteiger partial charge is 0.203 e. The molecule has 200 valence electrons.